The van der Waals surface area contributed by atoms with Crippen LogP contribution in [-0.2, 0) is 20.2 Å². The maximum atomic E-state index is 12.5. The van der Waals surface area contributed by atoms with Gasteiger partial charge in [-0.2, -0.15) is 13.5 Å². The van der Waals surface area contributed by atoms with Gasteiger partial charge in [-0.25, -0.2) is 5.01 Å². The molecule has 0 unspecified atom stereocenters. The second kappa shape index (κ2) is 6.81. The van der Waals surface area contributed by atoms with Crippen LogP contribution in [0, 0.1) is 0 Å². The number of rotatable bonds is 4. The Morgan fingerprint density at radius 3 is 2.62 bits per heavy atom. The SMILES string of the molecule is CCC1(CC)C(=O)Nc2ccc(/C=N/N(C)C3=NS(=O)(=O)c4ccccc43)cc21. The molecule has 0 saturated carbocycles. The Kier molecular flexibility index (Phi) is 4.53. The Hall–Kier alpha value is -3.00. The molecule has 0 saturated heterocycles. The number of carbonyl (C=O) groups excluding carboxylic acids is 1. The first-order chi connectivity index (χ1) is 13.8. The van der Waals surface area contributed by atoms with Crippen LogP contribution in [0.25, 0.3) is 0 Å². The van der Waals surface area contributed by atoms with Crippen molar-refractivity contribution < 1.29 is 13.2 Å². The highest BCUT2D eigenvalue weighted by Crippen LogP contribution is 2.42. The molecular formula is C21H22N4O3S. The Morgan fingerprint density at radius 1 is 1.17 bits per heavy atom. The highest BCUT2D eigenvalue weighted by Gasteiger charge is 2.43. The zero-order valence-corrected chi connectivity index (χ0v) is 17.3. The summed E-state index contributed by atoms with van der Waals surface area (Å²) in [6.45, 7) is 4.03. The number of carbonyl (C=O) groups is 1. The summed E-state index contributed by atoms with van der Waals surface area (Å²) >= 11 is 0. The van der Waals surface area contributed by atoms with Crippen LogP contribution < -0.4 is 5.32 Å². The Balaban J connectivity index is 1.65. The van der Waals surface area contributed by atoms with Crippen LogP contribution in [0.3, 0.4) is 0 Å². The van der Waals surface area contributed by atoms with Crippen LogP contribution in [-0.4, -0.2) is 38.4 Å². The number of hydrogen-bond acceptors (Lipinski definition) is 5. The fourth-order valence-electron chi connectivity index (χ4n) is 3.99. The van der Waals surface area contributed by atoms with Crippen LogP contribution in [0.15, 0.2) is 56.9 Å². The van der Waals surface area contributed by atoms with E-state index in [-0.39, 0.29) is 16.6 Å². The molecule has 0 spiro atoms. The van der Waals surface area contributed by atoms with Gasteiger partial charge in [0.25, 0.3) is 10.0 Å². The van der Waals surface area contributed by atoms with Crippen LogP contribution >= 0.6 is 0 Å². The van der Waals surface area contributed by atoms with Gasteiger partial charge >= 0.3 is 0 Å². The van der Waals surface area contributed by atoms with Crippen LogP contribution in [0.5, 0.6) is 0 Å². The molecule has 1 N–H and O–H groups in total. The lowest BCUT2D eigenvalue weighted by Crippen LogP contribution is -2.32. The molecule has 0 radical (unpaired) electrons. The molecule has 8 heteroatoms. The Morgan fingerprint density at radius 2 is 1.90 bits per heavy atom. The smallest absolute Gasteiger partial charge is 0.285 e. The number of nitrogens with one attached hydrogen (secondary N) is 1. The number of benzene rings is 2. The van der Waals surface area contributed by atoms with E-state index in [2.05, 4.69) is 14.8 Å². The summed E-state index contributed by atoms with van der Waals surface area (Å²) in [4.78, 5) is 12.7. The molecule has 2 aromatic carbocycles. The van der Waals surface area contributed by atoms with E-state index in [1.165, 1.54) is 11.1 Å². The molecule has 2 aliphatic rings. The van der Waals surface area contributed by atoms with Gasteiger partial charge in [-0.3, -0.25) is 4.79 Å². The van der Waals surface area contributed by atoms with Gasteiger partial charge in [-0.05, 0) is 48.2 Å². The maximum Gasteiger partial charge on any atom is 0.285 e. The molecule has 0 atom stereocenters. The fraction of sp³-hybridized carbons (Fsp3) is 0.286. The van der Waals surface area contributed by atoms with Crippen molar-refractivity contribution >= 4 is 33.7 Å². The summed E-state index contributed by atoms with van der Waals surface area (Å²) in [6.07, 6.45) is 3.08. The number of hydrazone groups is 1. The van der Waals surface area contributed by atoms with E-state index in [1.54, 1.807) is 31.5 Å². The summed E-state index contributed by atoms with van der Waals surface area (Å²) in [5, 5.41) is 8.81. The first-order valence-electron chi connectivity index (χ1n) is 9.50. The monoisotopic (exact) mass is 410 g/mol. The number of nitrogens with zero attached hydrogens (tertiary/aromatic N) is 3. The molecule has 0 fully saturated rings. The lowest BCUT2D eigenvalue weighted by atomic mass is 9.76. The average molecular weight is 410 g/mol. The fourth-order valence-corrected chi connectivity index (χ4v) is 5.22. The van der Waals surface area contributed by atoms with Crippen molar-refractivity contribution in [2.75, 3.05) is 12.4 Å². The van der Waals surface area contributed by atoms with E-state index in [9.17, 15) is 13.2 Å². The van der Waals surface area contributed by atoms with E-state index in [4.69, 9.17) is 0 Å². The summed E-state index contributed by atoms with van der Waals surface area (Å²) in [5.74, 6) is 0.317. The molecule has 0 aliphatic carbocycles. The van der Waals surface area contributed by atoms with Gasteiger partial charge in [0, 0.05) is 18.3 Å². The zero-order valence-electron chi connectivity index (χ0n) is 16.5. The molecule has 2 heterocycles. The van der Waals surface area contributed by atoms with E-state index >= 15 is 0 Å². The number of anilines is 1. The Bertz CT molecular complexity index is 1160. The molecule has 7 nitrogen and oxygen atoms in total. The highest BCUT2D eigenvalue weighted by molar-refractivity contribution is 7.90. The van der Waals surface area contributed by atoms with Crippen molar-refractivity contribution in [3.63, 3.8) is 0 Å². The minimum Gasteiger partial charge on any atom is -0.325 e. The molecular weight excluding hydrogens is 388 g/mol. The molecule has 1 amide bonds. The largest absolute Gasteiger partial charge is 0.325 e. The molecule has 29 heavy (non-hydrogen) atoms. The normalized spacial score (nSPS) is 18.3. The van der Waals surface area contributed by atoms with E-state index in [0.29, 0.717) is 18.4 Å². The van der Waals surface area contributed by atoms with Crippen LogP contribution in [0.2, 0.25) is 0 Å². The maximum absolute atomic E-state index is 12.5. The first kappa shape index (κ1) is 19.3. The summed E-state index contributed by atoms with van der Waals surface area (Å²) in [7, 11) is -2.03. The van der Waals surface area contributed by atoms with Gasteiger partial charge in [0.15, 0.2) is 5.84 Å². The predicted molar refractivity (Wildman–Crippen MR) is 113 cm³/mol. The second-order valence-electron chi connectivity index (χ2n) is 7.20. The minimum absolute atomic E-state index is 0.0332. The van der Waals surface area contributed by atoms with Crippen molar-refractivity contribution in [3.05, 3.63) is 59.2 Å². The number of amides is 1. The third-order valence-corrected chi connectivity index (χ3v) is 7.07. The first-order valence-corrected chi connectivity index (χ1v) is 10.9. The lowest BCUT2D eigenvalue weighted by Gasteiger charge is -2.24. The van der Waals surface area contributed by atoms with Crippen molar-refractivity contribution in [2.45, 2.75) is 37.0 Å². The number of hydrogen-bond donors (Lipinski definition) is 1. The average Bonchev–Trinajstić information content (AvgIpc) is 3.16. The van der Waals surface area contributed by atoms with E-state index in [1.807, 2.05) is 32.0 Å². The molecule has 2 aromatic rings. The van der Waals surface area contributed by atoms with Crippen molar-refractivity contribution in [1.29, 1.82) is 0 Å². The second-order valence-corrected chi connectivity index (χ2v) is 8.78. The third-order valence-electron chi connectivity index (χ3n) is 5.75. The van der Waals surface area contributed by atoms with E-state index < -0.39 is 15.4 Å². The van der Waals surface area contributed by atoms with Crippen LogP contribution in [0.1, 0.15) is 43.4 Å². The summed E-state index contributed by atoms with van der Waals surface area (Å²) in [6, 6.07) is 12.4. The molecule has 0 aromatic heterocycles. The number of sulfonamides is 1. The van der Waals surface area contributed by atoms with Gasteiger partial charge in [0.2, 0.25) is 5.91 Å². The number of fused-ring (bicyclic) bond motifs is 2. The third kappa shape index (κ3) is 2.95. The number of amidine groups is 1. The lowest BCUT2D eigenvalue weighted by molar-refractivity contribution is -0.121. The van der Waals surface area contributed by atoms with E-state index in [0.717, 1.165) is 16.8 Å². The quantitative estimate of drug-likeness (QED) is 0.619. The standard InChI is InChI=1S/C21H22N4O3S/c1-4-21(5-2)16-12-14(10-11-17(16)23-20(21)26)13-22-25(3)19-15-8-6-7-9-18(15)29(27,28)24-19/h6-13H,4-5H2,1-3H3,(H,23,26)/b22-13+. The zero-order chi connectivity index (χ0) is 20.8. The highest BCUT2D eigenvalue weighted by atomic mass is 32.2. The molecule has 0 bridgehead atoms. The molecule has 2 aliphatic heterocycles. The predicted octanol–water partition coefficient (Wildman–Crippen LogP) is 3.11. The van der Waals surface area contributed by atoms with Crippen molar-refractivity contribution in [3.8, 4) is 0 Å². The van der Waals surface area contributed by atoms with Crippen LogP contribution in [0.4, 0.5) is 5.69 Å². The van der Waals surface area contributed by atoms with Crippen molar-refractivity contribution in [1.82, 2.24) is 5.01 Å². The van der Waals surface area contributed by atoms with Gasteiger partial charge in [0.05, 0.1) is 11.6 Å². The Labute approximate surface area is 170 Å². The summed E-state index contributed by atoms with van der Waals surface area (Å²) in [5.41, 5.74) is 2.66. The minimum atomic E-state index is -3.69. The topological polar surface area (TPSA) is 91.2 Å². The van der Waals surface area contributed by atoms with Crippen molar-refractivity contribution in [2.24, 2.45) is 9.50 Å². The molecule has 150 valence electrons. The summed E-state index contributed by atoms with van der Waals surface area (Å²) < 4.78 is 28.3. The van der Waals surface area contributed by atoms with Gasteiger partial charge in [-0.1, -0.05) is 32.0 Å². The van der Waals surface area contributed by atoms with Gasteiger partial charge in [0.1, 0.15) is 4.90 Å². The van der Waals surface area contributed by atoms with Gasteiger partial charge in [-0.15, -0.1) is 4.40 Å². The van der Waals surface area contributed by atoms with Gasteiger partial charge < -0.3 is 5.32 Å². The molecule has 4 rings (SSSR count).